The van der Waals surface area contributed by atoms with Gasteiger partial charge < -0.3 is 19.9 Å². The number of hydrogen-bond acceptors (Lipinski definition) is 5. The maximum atomic E-state index is 13.3. The molecule has 0 spiro atoms. The van der Waals surface area contributed by atoms with Gasteiger partial charge in [0.1, 0.15) is 6.04 Å². The third-order valence-electron chi connectivity index (χ3n) is 6.25. The highest BCUT2D eigenvalue weighted by Crippen LogP contribution is 2.33. The zero-order valence-corrected chi connectivity index (χ0v) is 18.0. The summed E-state index contributed by atoms with van der Waals surface area (Å²) in [6.07, 6.45) is 1.66. The Labute approximate surface area is 184 Å². The highest BCUT2D eigenvalue weighted by molar-refractivity contribution is 5.99. The van der Waals surface area contributed by atoms with Crippen molar-refractivity contribution >= 4 is 28.4 Å². The van der Waals surface area contributed by atoms with Gasteiger partial charge in [-0.15, -0.1) is 0 Å². The van der Waals surface area contributed by atoms with Gasteiger partial charge in [-0.1, -0.05) is 35.9 Å². The van der Waals surface area contributed by atoms with E-state index in [0.717, 1.165) is 16.0 Å². The summed E-state index contributed by atoms with van der Waals surface area (Å²) in [5.74, 6) is -1.03. The molecule has 0 saturated carbocycles. The summed E-state index contributed by atoms with van der Waals surface area (Å²) in [4.78, 5) is 42.8. The Hall–Kier alpha value is -3.72. The topological polar surface area (TPSA) is 120 Å². The van der Waals surface area contributed by atoms with E-state index in [1.54, 1.807) is 18.3 Å². The van der Waals surface area contributed by atoms with Gasteiger partial charge in [-0.25, -0.2) is 0 Å². The van der Waals surface area contributed by atoms with E-state index in [1.807, 2.05) is 31.2 Å². The van der Waals surface area contributed by atoms with Gasteiger partial charge in [-0.2, -0.15) is 0 Å². The predicted octanol–water partition coefficient (Wildman–Crippen LogP) is 2.16. The molecule has 32 heavy (non-hydrogen) atoms. The van der Waals surface area contributed by atoms with Crippen molar-refractivity contribution in [2.45, 2.75) is 31.5 Å². The van der Waals surface area contributed by atoms with Crippen LogP contribution in [-0.4, -0.2) is 62.5 Å². The molecule has 0 bridgehead atoms. The number of aryl methyl sites for hydroxylation is 1. The Kier molecular flexibility index (Phi) is 5.21. The third-order valence-corrected chi connectivity index (χ3v) is 6.25. The highest BCUT2D eigenvalue weighted by Gasteiger charge is 2.53. The van der Waals surface area contributed by atoms with Crippen LogP contribution in [0.2, 0.25) is 0 Å². The highest BCUT2D eigenvalue weighted by atomic mass is 16.6. The largest absolute Gasteiger partial charge is 0.363 e. The molecule has 1 aliphatic heterocycles. The summed E-state index contributed by atoms with van der Waals surface area (Å²) in [6.45, 7) is 1.94. The maximum absolute atomic E-state index is 13.3. The number of aliphatic hydroxyl groups is 1. The summed E-state index contributed by atoms with van der Waals surface area (Å²) in [6, 6.07) is 11.2. The molecule has 3 aromatic rings. The van der Waals surface area contributed by atoms with Gasteiger partial charge in [-0.3, -0.25) is 19.7 Å². The van der Waals surface area contributed by atoms with E-state index in [-0.39, 0.29) is 18.5 Å². The molecular weight excluding hydrogens is 412 g/mol. The monoisotopic (exact) mass is 436 g/mol. The molecule has 166 valence electrons. The van der Waals surface area contributed by atoms with Crippen molar-refractivity contribution in [3.8, 4) is 0 Å². The number of likely N-dealkylation sites (N-methyl/N-ethyl adjacent to an activating group) is 2. The van der Waals surface area contributed by atoms with Crippen LogP contribution < -0.4 is 0 Å². The van der Waals surface area contributed by atoms with Gasteiger partial charge >= 0.3 is 0 Å². The number of non-ortho nitro benzene ring substituents is 1. The van der Waals surface area contributed by atoms with Crippen molar-refractivity contribution in [2.24, 2.45) is 0 Å². The van der Waals surface area contributed by atoms with Crippen LogP contribution >= 0.6 is 0 Å². The van der Waals surface area contributed by atoms with E-state index in [9.17, 15) is 24.8 Å². The van der Waals surface area contributed by atoms with Crippen molar-refractivity contribution in [1.29, 1.82) is 0 Å². The Bertz CT molecular complexity index is 1220. The van der Waals surface area contributed by atoms with Crippen LogP contribution in [-0.2, 0) is 22.4 Å². The zero-order chi connectivity index (χ0) is 23.2. The molecule has 1 fully saturated rings. The second-order valence-electron chi connectivity index (χ2n) is 8.28. The molecule has 0 unspecified atom stereocenters. The SMILES string of the molecule is Cc1ccc(C[C@@]2(O)C(=O)N(C)[C@@H](Cc3c[nH]c4cccc([N+](=O)[O-])c34)C(=O)N2C)cc1. The lowest BCUT2D eigenvalue weighted by Crippen LogP contribution is -2.70. The lowest BCUT2D eigenvalue weighted by Gasteiger charge is -2.47. The quantitative estimate of drug-likeness (QED) is 0.469. The molecule has 9 nitrogen and oxygen atoms in total. The average molecular weight is 436 g/mol. The van der Waals surface area contributed by atoms with Crippen LogP contribution in [0.25, 0.3) is 10.9 Å². The van der Waals surface area contributed by atoms with Crippen molar-refractivity contribution in [2.75, 3.05) is 14.1 Å². The van der Waals surface area contributed by atoms with Crippen molar-refractivity contribution < 1.29 is 19.6 Å². The molecule has 4 rings (SSSR count). The Morgan fingerprint density at radius 1 is 1.16 bits per heavy atom. The van der Waals surface area contributed by atoms with E-state index in [2.05, 4.69) is 4.98 Å². The second kappa shape index (κ2) is 7.76. The standard InChI is InChI=1S/C23H24N4O5/c1-14-7-9-15(10-8-14)12-23(30)22(29)25(2)19(21(28)26(23)3)11-16-13-24-17-5-4-6-18(20(16)17)27(31)32/h4-10,13,19,24,30H,11-12H2,1-3H3/t19-,23+/m0/s1. The van der Waals surface area contributed by atoms with Crippen LogP contribution in [0.1, 0.15) is 16.7 Å². The first-order valence-corrected chi connectivity index (χ1v) is 10.2. The van der Waals surface area contributed by atoms with E-state index < -0.39 is 28.5 Å². The molecule has 2 amide bonds. The lowest BCUT2D eigenvalue weighted by molar-refractivity contribution is -0.383. The molecule has 0 radical (unpaired) electrons. The fourth-order valence-electron chi connectivity index (χ4n) is 4.30. The Morgan fingerprint density at radius 3 is 2.50 bits per heavy atom. The number of rotatable bonds is 5. The first-order chi connectivity index (χ1) is 15.1. The molecule has 2 heterocycles. The number of aromatic amines is 1. The molecule has 1 aromatic heterocycles. The lowest BCUT2D eigenvalue weighted by atomic mass is 9.92. The van der Waals surface area contributed by atoms with E-state index in [0.29, 0.717) is 16.5 Å². The van der Waals surface area contributed by atoms with Gasteiger partial charge in [0.15, 0.2) is 0 Å². The summed E-state index contributed by atoms with van der Waals surface area (Å²) >= 11 is 0. The zero-order valence-electron chi connectivity index (χ0n) is 18.0. The summed E-state index contributed by atoms with van der Waals surface area (Å²) < 4.78 is 0. The van der Waals surface area contributed by atoms with Crippen LogP contribution in [0.15, 0.2) is 48.7 Å². The predicted molar refractivity (Wildman–Crippen MR) is 118 cm³/mol. The number of nitro groups is 1. The molecule has 1 saturated heterocycles. The van der Waals surface area contributed by atoms with E-state index >= 15 is 0 Å². The number of nitrogens with one attached hydrogen (secondary N) is 1. The van der Waals surface area contributed by atoms with Gasteiger partial charge in [0.05, 0.1) is 15.8 Å². The number of carbonyl (C=O) groups is 2. The molecule has 2 aromatic carbocycles. The van der Waals surface area contributed by atoms with E-state index in [4.69, 9.17) is 0 Å². The number of hydrogen-bond donors (Lipinski definition) is 2. The maximum Gasteiger partial charge on any atom is 0.279 e. The molecule has 2 atom stereocenters. The van der Waals surface area contributed by atoms with Crippen LogP contribution in [0.3, 0.4) is 0 Å². The van der Waals surface area contributed by atoms with Gasteiger partial charge in [0.25, 0.3) is 11.6 Å². The number of piperazine rings is 1. The van der Waals surface area contributed by atoms with Crippen molar-refractivity contribution in [3.05, 3.63) is 75.5 Å². The fraction of sp³-hybridized carbons (Fsp3) is 0.304. The number of amides is 2. The minimum Gasteiger partial charge on any atom is -0.363 e. The minimum atomic E-state index is -2.01. The van der Waals surface area contributed by atoms with Gasteiger partial charge in [0, 0.05) is 39.2 Å². The number of H-pyrrole nitrogens is 1. The number of fused-ring (bicyclic) bond motifs is 1. The number of benzene rings is 2. The first-order valence-electron chi connectivity index (χ1n) is 10.2. The second-order valence-corrected chi connectivity index (χ2v) is 8.28. The third kappa shape index (κ3) is 3.40. The molecule has 2 N–H and O–H groups in total. The molecule has 0 aliphatic carbocycles. The smallest absolute Gasteiger partial charge is 0.279 e. The molecular formula is C23H24N4O5. The Morgan fingerprint density at radius 2 is 1.84 bits per heavy atom. The van der Waals surface area contributed by atoms with Gasteiger partial charge in [-0.05, 0) is 24.1 Å². The summed E-state index contributed by atoms with van der Waals surface area (Å²) in [5.41, 5.74) is 0.831. The molecule has 1 aliphatic rings. The minimum absolute atomic E-state index is 0.0377. The number of nitrogens with zero attached hydrogens (tertiary/aromatic N) is 3. The normalized spacial score (nSPS) is 21.4. The summed E-state index contributed by atoms with van der Waals surface area (Å²) in [5, 5.41) is 23.1. The number of nitro benzene ring substituents is 1. The fourth-order valence-corrected chi connectivity index (χ4v) is 4.30. The molecule has 9 heteroatoms. The van der Waals surface area contributed by atoms with Crippen LogP contribution in [0, 0.1) is 17.0 Å². The van der Waals surface area contributed by atoms with Crippen molar-refractivity contribution in [3.63, 3.8) is 0 Å². The average Bonchev–Trinajstić information content (AvgIpc) is 3.19. The first kappa shape index (κ1) is 21.5. The Balaban J connectivity index is 1.65. The summed E-state index contributed by atoms with van der Waals surface area (Å²) in [7, 11) is 2.88. The number of aromatic nitrogens is 1. The van der Waals surface area contributed by atoms with Crippen LogP contribution in [0.5, 0.6) is 0 Å². The van der Waals surface area contributed by atoms with Gasteiger partial charge in [0.2, 0.25) is 11.6 Å². The van der Waals surface area contributed by atoms with E-state index in [1.165, 1.54) is 25.1 Å². The number of carbonyl (C=O) groups excluding carboxylic acids is 2. The van der Waals surface area contributed by atoms with Crippen LogP contribution in [0.4, 0.5) is 5.69 Å². The van der Waals surface area contributed by atoms with Crippen molar-refractivity contribution in [1.82, 2.24) is 14.8 Å².